The fourth-order valence-electron chi connectivity index (χ4n) is 2.29. The van der Waals surface area contributed by atoms with E-state index >= 15 is 0 Å². The van der Waals surface area contributed by atoms with E-state index in [1.165, 1.54) is 0 Å². The molecule has 0 aromatic carbocycles. The zero-order valence-corrected chi connectivity index (χ0v) is 12.9. The van der Waals surface area contributed by atoms with Crippen LogP contribution in [0.3, 0.4) is 0 Å². The van der Waals surface area contributed by atoms with Crippen molar-refractivity contribution >= 4 is 11.8 Å². The summed E-state index contributed by atoms with van der Waals surface area (Å²) in [6.45, 7) is 4.81. The monoisotopic (exact) mass is 333 g/mol. The Morgan fingerprint density at radius 1 is 1.52 bits per heavy atom. The first kappa shape index (κ1) is 17.5. The van der Waals surface area contributed by atoms with Gasteiger partial charge in [-0.25, -0.2) is 14.8 Å². The summed E-state index contributed by atoms with van der Waals surface area (Å²) in [7, 11) is 0. The molecule has 9 heteroatoms. The van der Waals surface area contributed by atoms with Gasteiger partial charge < -0.3 is 14.4 Å². The lowest BCUT2D eigenvalue weighted by molar-refractivity contribution is -0.144. The van der Waals surface area contributed by atoms with E-state index in [-0.39, 0.29) is 24.1 Å². The Morgan fingerprint density at radius 2 is 2.26 bits per heavy atom. The molecule has 1 aromatic heterocycles. The maximum absolute atomic E-state index is 12.9. The van der Waals surface area contributed by atoms with Crippen LogP contribution in [0.4, 0.5) is 19.0 Å². The predicted molar refractivity (Wildman–Crippen MR) is 75.2 cm³/mol. The zero-order valence-electron chi connectivity index (χ0n) is 12.9. The minimum atomic E-state index is -4.68. The van der Waals surface area contributed by atoms with Crippen LogP contribution in [0.15, 0.2) is 6.20 Å². The van der Waals surface area contributed by atoms with Gasteiger partial charge in [-0.05, 0) is 20.3 Å². The van der Waals surface area contributed by atoms with Gasteiger partial charge in [-0.1, -0.05) is 0 Å². The molecule has 0 spiro atoms. The van der Waals surface area contributed by atoms with E-state index in [1.807, 2.05) is 6.92 Å². The Labute approximate surface area is 131 Å². The second kappa shape index (κ2) is 7.12. The van der Waals surface area contributed by atoms with Gasteiger partial charge in [0.2, 0.25) is 5.82 Å². The maximum atomic E-state index is 12.9. The van der Waals surface area contributed by atoms with E-state index < -0.39 is 18.0 Å². The molecule has 23 heavy (non-hydrogen) atoms. The summed E-state index contributed by atoms with van der Waals surface area (Å²) < 4.78 is 49.0. The van der Waals surface area contributed by atoms with Gasteiger partial charge in [0.15, 0.2) is 0 Å². The minimum Gasteiger partial charge on any atom is -0.462 e. The van der Waals surface area contributed by atoms with Gasteiger partial charge in [-0.3, -0.25) is 0 Å². The third-order valence-corrected chi connectivity index (χ3v) is 3.27. The summed E-state index contributed by atoms with van der Waals surface area (Å²) in [6, 6.07) is 0. The molecule has 1 atom stereocenters. The Morgan fingerprint density at radius 3 is 2.91 bits per heavy atom. The lowest BCUT2D eigenvalue weighted by Crippen LogP contribution is -2.33. The lowest BCUT2D eigenvalue weighted by Gasteiger charge is -2.25. The molecule has 2 rings (SSSR count). The van der Waals surface area contributed by atoms with Crippen LogP contribution in [-0.4, -0.2) is 48.3 Å². The van der Waals surface area contributed by atoms with Crippen LogP contribution >= 0.6 is 0 Å². The molecule has 2 heterocycles. The van der Waals surface area contributed by atoms with Gasteiger partial charge in [0.25, 0.3) is 0 Å². The Hall–Kier alpha value is -1.90. The van der Waals surface area contributed by atoms with Gasteiger partial charge in [0.1, 0.15) is 11.4 Å². The van der Waals surface area contributed by atoms with Crippen LogP contribution in [0, 0.1) is 0 Å². The third kappa shape index (κ3) is 4.31. The average molecular weight is 333 g/mol. The van der Waals surface area contributed by atoms with Gasteiger partial charge in [0.05, 0.1) is 12.7 Å². The lowest BCUT2D eigenvalue weighted by atomic mass is 10.2. The van der Waals surface area contributed by atoms with E-state index in [2.05, 4.69) is 9.97 Å². The van der Waals surface area contributed by atoms with E-state index in [4.69, 9.17) is 9.47 Å². The highest BCUT2D eigenvalue weighted by atomic mass is 19.4. The fourth-order valence-corrected chi connectivity index (χ4v) is 2.29. The molecule has 128 valence electrons. The third-order valence-electron chi connectivity index (χ3n) is 3.27. The molecule has 0 N–H and O–H groups in total. The molecule has 0 aliphatic carbocycles. The van der Waals surface area contributed by atoms with Gasteiger partial charge in [0, 0.05) is 25.9 Å². The smallest absolute Gasteiger partial charge is 0.451 e. The SMILES string of the molecule is CCOC(=O)c1cnc(C(F)(F)F)nc1N1CCCOC(C)C1. The topological polar surface area (TPSA) is 64.5 Å². The van der Waals surface area contributed by atoms with Crippen LogP contribution in [0.25, 0.3) is 0 Å². The molecule has 0 saturated carbocycles. The summed E-state index contributed by atoms with van der Waals surface area (Å²) in [5, 5.41) is 0. The van der Waals surface area contributed by atoms with Gasteiger partial charge in [-0.15, -0.1) is 0 Å². The number of hydrogen-bond donors (Lipinski definition) is 0. The number of anilines is 1. The van der Waals surface area contributed by atoms with Gasteiger partial charge in [-0.2, -0.15) is 13.2 Å². The second-order valence-corrected chi connectivity index (χ2v) is 5.13. The van der Waals surface area contributed by atoms with E-state index in [0.717, 1.165) is 6.20 Å². The molecule has 1 fully saturated rings. The number of alkyl halides is 3. The van der Waals surface area contributed by atoms with Crippen LogP contribution in [0.2, 0.25) is 0 Å². The predicted octanol–water partition coefficient (Wildman–Crippen LogP) is 2.29. The van der Waals surface area contributed by atoms with Gasteiger partial charge >= 0.3 is 12.1 Å². The average Bonchev–Trinajstić information content (AvgIpc) is 2.70. The number of aromatic nitrogens is 2. The van der Waals surface area contributed by atoms with E-state index in [9.17, 15) is 18.0 Å². The normalized spacial score (nSPS) is 19.3. The molecule has 0 bridgehead atoms. The first-order chi connectivity index (χ1) is 10.8. The standard InChI is InChI=1S/C14H18F3N3O3/c1-3-22-12(21)10-7-18-13(14(15,16)17)19-11(10)20-5-4-6-23-9(2)8-20/h7,9H,3-6,8H2,1-2H3. The number of esters is 1. The summed E-state index contributed by atoms with van der Waals surface area (Å²) in [5.74, 6) is -2.09. The van der Waals surface area contributed by atoms with E-state index in [0.29, 0.717) is 26.1 Å². The highest BCUT2D eigenvalue weighted by molar-refractivity contribution is 5.94. The highest BCUT2D eigenvalue weighted by Crippen LogP contribution is 2.29. The quantitative estimate of drug-likeness (QED) is 0.791. The van der Waals surface area contributed by atoms with Crippen LogP contribution < -0.4 is 4.90 Å². The molecule has 1 saturated heterocycles. The van der Waals surface area contributed by atoms with Crippen molar-refractivity contribution in [1.82, 2.24) is 9.97 Å². The molecule has 1 aliphatic heterocycles. The number of carbonyl (C=O) groups excluding carboxylic acids is 1. The van der Waals surface area contributed by atoms with Crippen LogP contribution in [-0.2, 0) is 15.7 Å². The summed E-state index contributed by atoms with van der Waals surface area (Å²) >= 11 is 0. The van der Waals surface area contributed by atoms with Crippen molar-refractivity contribution in [3.05, 3.63) is 17.6 Å². The van der Waals surface area contributed by atoms with Crippen molar-refractivity contribution in [3.8, 4) is 0 Å². The summed E-state index contributed by atoms with van der Waals surface area (Å²) in [6.07, 6.45) is -3.37. The van der Waals surface area contributed by atoms with Crippen molar-refractivity contribution in [2.75, 3.05) is 31.2 Å². The number of carbonyl (C=O) groups is 1. The van der Waals surface area contributed by atoms with Crippen molar-refractivity contribution in [3.63, 3.8) is 0 Å². The second-order valence-electron chi connectivity index (χ2n) is 5.13. The number of nitrogens with zero attached hydrogens (tertiary/aromatic N) is 3. The van der Waals surface area contributed by atoms with E-state index in [1.54, 1.807) is 11.8 Å². The number of hydrogen-bond acceptors (Lipinski definition) is 6. The molecule has 1 aromatic rings. The van der Waals surface area contributed by atoms with Crippen molar-refractivity contribution in [2.45, 2.75) is 32.5 Å². The fraction of sp³-hybridized carbons (Fsp3) is 0.643. The number of ether oxygens (including phenoxy) is 2. The molecular formula is C14H18F3N3O3. The molecule has 1 aliphatic rings. The minimum absolute atomic E-state index is 0.0666. The zero-order chi connectivity index (χ0) is 17.0. The highest BCUT2D eigenvalue weighted by Gasteiger charge is 2.36. The molecule has 0 radical (unpaired) electrons. The molecule has 6 nitrogen and oxygen atoms in total. The Balaban J connectivity index is 2.44. The number of halogens is 3. The number of rotatable bonds is 3. The summed E-state index contributed by atoms with van der Waals surface area (Å²) in [4.78, 5) is 20.4. The van der Waals surface area contributed by atoms with Crippen molar-refractivity contribution in [2.24, 2.45) is 0 Å². The summed E-state index contributed by atoms with van der Waals surface area (Å²) in [5.41, 5.74) is -0.0750. The Bertz CT molecular complexity index is 566. The first-order valence-electron chi connectivity index (χ1n) is 7.30. The molecule has 1 unspecified atom stereocenters. The molecular weight excluding hydrogens is 315 g/mol. The first-order valence-corrected chi connectivity index (χ1v) is 7.30. The van der Waals surface area contributed by atoms with Crippen molar-refractivity contribution in [1.29, 1.82) is 0 Å². The Kier molecular flexibility index (Phi) is 5.40. The maximum Gasteiger partial charge on any atom is 0.451 e. The largest absolute Gasteiger partial charge is 0.462 e. The van der Waals surface area contributed by atoms with Crippen LogP contribution in [0.5, 0.6) is 0 Å². The molecule has 0 amide bonds. The van der Waals surface area contributed by atoms with Crippen LogP contribution in [0.1, 0.15) is 36.5 Å². The van der Waals surface area contributed by atoms with Crippen molar-refractivity contribution < 1.29 is 27.4 Å².